The fourth-order valence-corrected chi connectivity index (χ4v) is 1.09. The smallest absolute Gasteiger partial charge is 0.173 e. The molecule has 4 nitrogen and oxygen atoms in total. The van der Waals surface area contributed by atoms with Gasteiger partial charge < -0.3 is 0 Å². The van der Waals surface area contributed by atoms with Gasteiger partial charge in [0.25, 0.3) is 0 Å². The van der Waals surface area contributed by atoms with Crippen LogP contribution in [0.4, 0.5) is 0 Å². The van der Waals surface area contributed by atoms with Gasteiger partial charge in [0.05, 0.1) is 18.2 Å². The van der Waals surface area contributed by atoms with Gasteiger partial charge in [-0.25, -0.2) is 0 Å². The van der Waals surface area contributed by atoms with Crippen LogP contribution in [0.15, 0.2) is 6.20 Å². The van der Waals surface area contributed by atoms with Gasteiger partial charge in [0.15, 0.2) is 5.78 Å². The molecule has 70 valence electrons. The SMILES string of the molecule is CC(=O)CC(=O)c1cnn(C)c1C. The van der Waals surface area contributed by atoms with Crippen molar-refractivity contribution >= 4 is 11.6 Å². The average Bonchev–Trinajstić information content (AvgIpc) is 2.31. The molecule has 1 rings (SSSR count). The van der Waals surface area contributed by atoms with Crippen LogP contribution < -0.4 is 0 Å². The van der Waals surface area contributed by atoms with Crippen molar-refractivity contribution < 1.29 is 9.59 Å². The summed E-state index contributed by atoms with van der Waals surface area (Å²) >= 11 is 0. The molecule has 0 aliphatic carbocycles. The summed E-state index contributed by atoms with van der Waals surface area (Å²) in [6.45, 7) is 3.21. The Bertz CT molecular complexity index is 352. The fourth-order valence-electron chi connectivity index (χ4n) is 1.09. The van der Waals surface area contributed by atoms with Crippen molar-refractivity contribution in [3.05, 3.63) is 17.5 Å². The molecule has 1 aromatic rings. The molecule has 0 aromatic carbocycles. The highest BCUT2D eigenvalue weighted by atomic mass is 16.1. The highest BCUT2D eigenvalue weighted by Gasteiger charge is 2.13. The maximum Gasteiger partial charge on any atom is 0.173 e. The fraction of sp³-hybridized carbons (Fsp3) is 0.444. The van der Waals surface area contributed by atoms with E-state index in [0.717, 1.165) is 5.69 Å². The maximum absolute atomic E-state index is 11.4. The third kappa shape index (κ3) is 2.02. The van der Waals surface area contributed by atoms with Crippen LogP contribution >= 0.6 is 0 Å². The van der Waals surface area contributed by atoms with Crippen molar-refractivity contribution in [1.82, 2.24) is 9.78 Å². The summed E-state index contributed by atoms with van der Waals surface area (Å²) in [6.07, 6.45) is 1.47. The predicted molar refractivity (Wildman–Crippen MR) is 47.6 cm³/mol. The third-order valence-electron chi connectivity index (χ3n) is 1.95. The zero-order chi connectivity index (χ0) is 10.0. The molecule has 0 saturated heterocycles. The molecule has 0 saturated carbocycles. The van der Waals surface area contributed by atoms with Crippen molar-refractivity contribution in [1.29, 1.82) is 0 Å². The summed E-state index contributed by atoms with van der Waals surface area (Å²) in [7, 11) is 1.76. The van der Waals surface area contributed by atoms with Gasteiger partial charge in [-0.15, -0.1) is 0 Å². The quantitative estimate of drug-likeness (QED) is 0.512. The summed E-state index contributed by atoms with van der Waals surface area (Å²) in [4.78, 5) is 22.1. The lowest BCUT2D eigenvalue weighted by Gasteiger charge is -1.97. The molecule has 1 heterocycles. The number of ketones is 2. The first-order valence-electron chi connectivity index (χ1n) is 4.03. The standard InChI is InChI=1S/C9H12N2O2/c1-6(12)4-9(13)8-5-10-11(3)7(8)2/h5H,4H2,1-3H3. The van der Waals surface area contributed by atoms with Gasteiger partial charge in [0.2, 0.25) is 0 Å². The Morgan fingerprint density at radius 1 is 1.54 bits per heavy atom. The summed E-state index contributed by atoms with van der Waals surface area (Å²) in [6, 6.07) is 0. The second kappa shape index (κ2) is 3.51. The molecule has 0 bridgehead atoms. The maximum atomic E-state index is 11.4. The van der Waals surface area contributed by atoms with Crippen molar-refractivity contribution in [3.8, 4) is 0 Å². The summed E-state index contributed by atoms with van der Waals surface area (Å²) in [5.74, 6) is -0.272. The molecule has 4 heteroatoms. The number of aromatic nitrogens is 2. The molecule has 0 spiro atoms. The number of aryl methyl sites for hydroxylation is 1. The predicted octanol–water partition coefficient (Wildman–Crippen LogP) is 0.890. The molecule has 0 aliphatic heterocycles. The van der Waals surface area contributed by atoms with Crippen LogP contribution in [0.2, 0.25) is 0 Å². The van der Waals surface area contributed by atoms with E-state index in [1.165, 1.54) is 13.1 Å². The number of carbonyl (C=O) groups is 2. The molecule has 0 fully saturated rings. The molecule has 0 atom stereocenters. The van der Waals surface area contributed by atoms with Crippen LogP contribution in [-0.4, -0.2) is 21.3 Å². The zero-order valence-electron chi connectivity index (χ0n) is 8.00. The van der Waals surface area contributed by atoms with E-state index >= 15 is 0 Å². The normalized spacial score (nSPS) is 10.1. The van der Waals surface area contributed by atoms with E-state index in [-0.39, 0.29) is 18.0 Å². The summed E-state index contributed by atoms with van der Waals surface area (Å²) < 4.78 is 1.62. The second-order valence-corrected chi connectivity index (χ2v) is 3.07. The van der Waals surface area contributed by atoms with E-state index in [1.54, 1.807) is 18.7 Å². The van der Waals surface area contributed by atoms with E-state index in [0.29, 0.717) is 5.56 Å². The Kier molecular flexibility index (Phi) is 2.60. The number of rotatable bonds is 3. The van der Waals surface area contributed by atoms with Crippen LogP contribution in [0.25, 0.3) is 0 Å². The molecule has 1 aromatic heterocycles. The van der Waals surface area contributed by atoms with Gasteiger partial charge in [0, 0.05) is 12.7 Å². The largest absolute Gasteiger partial charge is 0.300 e. The first-order valence-corrected chi connectivity index (χ1v) is 4.03. The average molecular weight is 180 g/mol. The molecule has 0 N–H and O–H groups in total. The number of carbonyl (C=O) groups excluding carboxylic acids is 2. The zero-order valence-corrected chi connectivity index (χ0v) is 8.00. The van der Waals surface area contributed by atoms with Gasteiger partial charge in [-0.3, -0.25) is 14.3 Å². The molecule has 0 unspecified atom stereocenters. The van der Waals surface area contributed by atoms with E-state index < -0.39 is 0 Å². The van der Waals surface area contributed by atoms with E-state index in [4.69, 9.17) is 0 Å². The van der Waals surface area contributed by atoms with Gasteiger partial charge in [-0.05, 0) is 13.8 Å². The highest BCUT2D eigenvalue weighted by Crippen LogP contribution is 2.08. The topological polar surface area (TPSA) is 52.0 Å². The minimum atomic E-state index is -0.155. The molecule has 13 heavy (non-hydrogen) atoms. The van der Waals surface area contributed by atoms with Crippen molar-refractivity contribution in [2.75, 3.05) is 0 Å². The molecular formula is C9H12N2O2. The molecule has 0 aliphatic rings. The van der Waals surface area contributed by atoms with Gasteiger partial charge in [-0.2, -0.15) is 5.10 Å². The first-order chi connectivity index (χ1) is 6.02. The van der Waals surface area contributed by atoms with Crippen LogP contribution in [0.1, 0.15) is 29.4 Å². The van der Waals surface area contributed by atoms with Gasteiger partial charge in [-0.1, -0.05) is 0 Å². The molecule has 0 amide bonds. The molecular weight excluding hydrogens is 168 g/mol. The monoisotopic (exact) mass is 180 g/mol. The number of hydrogen-bond acceptors (Lipinski definition) is 3. The van der Waals surface area contributed by atoms with Gasteiger partial charge >= 0.3 is 0 Å². The van der Waals surface area contributed by atoms with Crippen molar-refractivity contribution in [3.63, 3.8) is 0 Å². The number of hydrogen-bond donors (Lipinski definition) is 0. The number of Topliss-reactive ketones (excluding diaryl/α,β-unsaturated/α-hetero) is 2. The first kappa shape index (κ1) is 9.64. The minimum Gasteiger partial charge on any atom is -0.300 e. The van der Waals surface area contributed by atoms with E-state index in [1.807, 2.05) is 0 Å². The van der Waals surface area contributed by atoms with Crippen molar-refractivity contribution in [2.45, 2.75) is 20.3 Å². The Labute approximate surface area is 76.6 Å². The highest BCUT2D eigenvalue weighted by molar-refractivity contribution is 6.07. The number of nitrogens with zero attached hydrogens (tertiary/aromatic N) is 2. The lowest BCUT2D eigenvalue weighted by atomic mass is 10.1. The summed E-state index contributed by atoms with van der Waals surface area (Å²) in [5.41, 5.74) is 1.34. The second-order valence-electron chi connectivity index (χ2n) is 3.07. The summed E-state index contributed by atoms with van der Waals surface area (Å²) in [5, 5.41) is 3.93. The van der Waals surface area contributed by atoms with Crippen LogP contribution in [0, 0.1) is 6.92 Å². The van der Waals surface area contributed by atoms with Crippen LogP contribution in [-0.2, 0) is 11.8 Å². The van der Waals surface area contributed by atoms with Crippen molar-refractivity contribution in [2.24, 2.45) is 7.05 Å². The Hall–Kier alpha value is -1.45. The molecule has 0 radical (unpaired) electrons. The lowest BCUT2D eigenvalue weighted by Crippen LogP contribution is -2.06. The van der Waals surface area contributed by atoms with Crippen LogP contribution in [0.5, 0.6) is 0 Å². The lowest BCUT2D eigenvalue weighted by molar-refractivity contribution is -0.116. The van der Waals surface area contributed by atoms with E-state index in [9.17, 15) is 9.59 Å². The third-order valence-corrected chi connectivity index (χ3v) is 1.95. The minimum absolute atomic E-state index is 0.0352. The van der Waals surface area contributed by atoms with Crippen LogP contribution in [0.3, 0.4) is 0 Å². The Morgan fingerprint density at radius 3 is 2.54 bits per heavy atom. The Balaban J connectivity index is 2.89. The van der Waals surface area contributed by atoms with Gasteiger partial charge in [0.1, 0.15) is 5.78 Å². The van der Waals surface area contributed by atoms with E-state index in [2.05, 4.69) is 5.10 Å². The Morgan fingerprint density at radius 2 is 2.15 bits per heavy atom.